The maximum atomic E-state index is 4.93. The molecule has 8 aromatic carbocycles. The van der Waals surface area contributed by atoms with Crippen LogP contribution in [-0.2, 0) is 68.2 Å². The Morgan fingerprint density at radius 3 is 1.25 bits per heavy atom. The minimum Gasteiger partial charge on any atom is -0.184 e. The van der Waals surface area contributed by atoms with Crippen molar-refractivity contribution < 1.29 is 20.8 Å². The van der Waals surface area contributed by atoms with Crippen LogP contribution in [0.2, 0.25) is 0 Å². The Kier molecular flexibility index (Phi) is 21.0. The predicted molar refractivity (Wildman–Crippen MR) is 337 cm³/mol. The molecule has 0 atom stereocenters. The minimum atomic E-state index is -0.826. The number of benzene rings is 6. The van der Waals surface area contributed by atoms with Crippen molar-refractivity contribution in [3.05, 3.63) is 178 Å². The van der Waals surface area contributed by atoms with Crippen LogP contribution in [0.5, 0.6) is 0 Å². The van der Waals surface area contributed by atoms with Gasteiger partial charge in [0.1, 0.15) is 0 Å². The van der Waals surface area contributed by atoms with Gasteiger partial charge in [-0.05, 0) is 92.6 Å². The molecule has 0 fully saturated rings. The third-order valence-corrected chi connectivity index (χ3v) is 16.0. The van der Waals surface area contributed by atoms with E-state index in [2.05, 4.69) is 252 Å². The molecule has 8 aromatic rings. The topological polar surface area (TPSA) is 0 Å². The van der Waals surface area contributed by atoms with Crippen molar-refractivity contribution in [2.24, 2.45) is 11.8 Å². The largest absolute Gasteiger partial charge is 0.184 e. The summed E-state index contributed by atoms with van der Waals surface area (Å²) >= 11 is -0.826. The van der Waals surface area contributed by atoms with E-state index in [4.69, 9.17) is 17.0 Å². The van der Waals surface area contributed by atoms with Crippen molar-refractivity contribution in [3.63, 3.8) is 0 Å². The normalized spacial score (nSPS) is 12.4. The van der Waals surface area contributed by atoms with E-state index < -0.39 is 20.8 Å². The standard InChI is InChI=1S/2C30H41.C12H7Si.2ClH.Zr/c2*1-10-11-22-12-13-23-15-21(14-20(2)3)16-27(23)28(22)24-17-25(29(4,5)6)19-26(18-24)30(7,8)9;1-3-7-11-9(5-1)10-6-2-4-8-12(10)13-11;;;/h2*12-13,15-20H,10-11,14H2,1-9H3;1-7H;2*1H;/q3*-1;;;+2/p-2. The smallest absolute Gasteiger partial charge is 0.0920 e. The van der Waals surface area contributed by atoms with E-state index in [0.29, 0.717) is 11.8 Å². The van der Waals surface area contributed by atoms with Gasteiger partial charge in [0.15, 0.2) is 0 Å². The van der Waals surface area contributed by atoms with E-state index in [9.17, 15) is 0 Å². The summed E-state index contributed by atoms with van der Waals surface area (Å²) in [6.07, 6.45) is 6.88. The zero-order chi connectivity index (χ0) is 55.9. The van der Waals surface area contributed by atoms with E-state index in [1.807, 2.05) is 6.07 Å². The summed E-state index contributed by atoms with van der Waals surface area (Å²) < 4.78 is 0. The molecule has 4 heteroatoms. The average Bonchev–Trinajstić information content (AvgIpc) is 4.05. The van der Waals surface area contributed by atoms with Crippen molar-refractivity contribution in [3.8, 4) is 33.4 Å². The predicted octanol–water partition coefficient (Wildman–Crippen LogP) is 20.4. The first-order valence-electron chi connectivity index (χ1n) is 28.2. The summed E-state index contributed by atoms with van der Waals surface area (Å²) in [5, 5.41) is 8.46. The van der Waals surface area contributed by atoms with Crippen molar-refractivity contribution in [2.45, 2.75) is 185 Å². The monoisotopic (exact) mass is 1140 g/mol. The Morgan fingerprint density at radius 1 is 0.500 bits per heavy atom. The molecule has 0 aliphatic carbocycles. The zero-order valence-electron chi connectivity index (χ0n) is 49.8. The SMILES string of the molecule is CCCc1ccc2[cH-]c(CC(C)C)cc2c1-c1cc(C(C)(C)C)cc(C(C)(C)C)c1.CCCc1ccc2[cH-]c(CC(C)C)cc2c1-c1cc(C(C)(C)C)cc(C(C)(C)C)c1.[Cl][Zr][Cl].[c-]1cccc2c1[Si]c1ccccc1-2. The Bertz CT molecular complexity index is 2900. The minimum absolute atomic E-state index is 0.129. The van der Waals surface area contributed by atoms with Gasteiger partial charge in [0.25, 0.3) is 0 Å². The van der Waals surface area contributed by atoms with Crippen LogP contribution in [0, 0.1) is 17.9 Å². The van der Waals surface area contributed by atoms with Gasteiger partial charge in [0, 0.05) is 0 Å². The molecule has 76 heavy (non-hydrogen) atoms. The van der Waals surface area contributed by atoms with Crippen molar-refractivity contribution in [1.82, 2.24) is 0 Å². The van der Waals surface area contributed by atoms with E-state index in [1.54, 1.807) is 0 Å². The van der Waals surface area contributed by atoms with Crippen LogP contribution in [0.25, 0.3) is 54.9 Å². The molecule has 0 aromatic heterocycles. The Balaban J connectivity index is 0.000000192. The molecule has 1 aliphatic heterocycles. The second kappa shape index (κ2) is 26.0. The summed E-state index contributed by atoms with van der Waals surface area (Å²) in [4.78, 5) is 0. The van der Waals surface area contributed by atoms with Crippen LogP contribution in [-0.4, -0.2) is 9.52 Å². The molecule has 0 saturated heterocycles. The van der Waals surface area contributed by atoms with Gasteiger partial charge in [-0.3, -0.25) is 0 Å². The maximum absolute atomic E-state index is 4.93. The fraction of sp³-hybridized carbons (Fsp3) is 0.417. The number of fused-ring (bicyclic) bond motifs is 5. The molecule has 402 valence electrons. The Morgan fingerprint density at radius 2 is 0.882 bits per heavy atom. The average molecular weight is 1140 g/mol. The summed E-state index contributed by atoms with van der Waals surface area (Å²) in [5.41, 5.74) is 20.6. The summed E-state index contributed by atoms with van der Waals surface area (Å²) in [6.45, 7) is 41.8. The zero-order valence-corrected chi connectivity index (χ0v) is 54.7. The van der Waals surface area contributed by atoms with Gasteiger partial charge < -0.3 is 0 Å². The molecule has 0 amide bonds. The first-order valence-corrected chi connectivity index (χ1v) is 35.6. The molecule has 0 saturated carbocycles. The molecule has 1 heterocycles. The van der Waals surface area contributed by atoms with Gasteiger partial charge >= 0.3 is 37.9 Å². The molecule has 0 N–H and O–H groups in total. The second-order valence-corrected chi connectivity index (χ2v) is 31.4. The Labute approximate surface area is 483 Å². The van der Waals surface area contributed by atoms with Crippen LogP contribution in [0.4, 0.5) is 0 Å². The maximum Gasteiger partial charge on any atom is 0.0920 e. The summed E-state index contributed by atoms with van der Waals surface area (Å²) in [6, 6.07) is 52.0. The summed E-state index contributed by atoms with van der Waals surface area (Å²) in [7, 11) is 10.7. The van der Waals surface area contributed by atoms with Crippen molar-refractivity contribution in [2.75, 3.05) is 0 Å². The molecule has 0 bridgehead atoms. The van der Waals surface area contributed by atoms with E-state index in [1.165, 1.54) is 123 Å². The third-order valence-electron chi connectivity index (χ3n) is 14.6. The molecule has 1 aliphatic rings. The van der Waals surface area contributed by atoms with Gasteiger partial charge in [0.2, 0.25) is 0 Å². The van der Waals surface area contributed by atoms with E-state index >= 15 is 0 Å². The van der Waals surface area contributed by atoms with Gasteiger partial charge in [-0.1, -0.05) is 231 Å². The van der Waals surface area contributed by atoms with Crippen LogP contribution < -0.4 is 10.4 Å². The fourth-order valence-electron chi connectivity index (χ4n) is 10.6. The molecule has 0 nitrogen and oxygen atoms in total. The summed E-state index contributed by atoms with van der Waals surface area (Å²) in [5.74, 6) is 1.36. The van der Waals surface area contributed by atoms with Crippen LogP contribution >= 0.6 is 17.0 Å². The Hall–Kier alpha value is -3.78. The van der Waals surface area contributed by atoms with Crippen molar-refractivity contribution in [1.29, 1.82) is 0 Å². The third kappa shape index (κ3) is 15.7. The van der Waals surface area contributed by atoms with E-state index in [0.717, 1.165) is 35.2 Å². The number of rotatable bonds is 10. The first-order chi connectivity index (χ1) is 35.7. The second-order valence-electron chi connectivity index (χ2n) is 26.4. The molecule has 0 spiro atoms. The molecule has 9 rings (SSSR count). The molecule has 0 unspecified atom stereocenters. The first kappa shape index (κ1) is 61.4. The van der Waals surface area contributed by atoms with Gasteiger partial charge in [-0.2, -0.15) is 41.6 Å². The van der Waals surface area contributed by atoms with Gasteiger partial charge in [0.05, 0.1) is 9.52 Å². The van der Waals surface area contributed by atoms with E-state index in [-0.39, 0.29) is 21.7 Å². The van der Waals surface area contributed by atoms with Crippen LogP contribution in [0.15, 0.2) is 127 Å². The number of hydrogen-bond acceptors (Lipinski definition) is 0. The van der Waals surface area contributed by atoms with Crippen molar-refractivity contribution >= 4 is 58.5 Å². The molecular weight excluding hydrogens is 1060 g/mol. The quantitative estimate of drug-likeness (QED) is 0.0946. The van der Waals surface area contributed by atoms with Gasteiger partial charge in [-0.15, -0.1) is 74.6 Å². The fourth-order valence-corrected chi connectivity index (χ4v) is 11.9. The molecular formula is C72H89Cl2SiZr-3. The molecule has 2 radical (unpaired) electrons. The number of aryl methyl sites for hydroxylation is 2. The van der Waals surface area contributed by atoms with Gasteiger partial charge in [-0.25, -0.2) is 0 Å². The van der Waals surface area contributed by atoms with Crippen LogP contribution in [0.1, 0.15) is 182 Å². The number of halogens is 2. The van der Waals surface area contributed by atoms with Crippen LogP contribution in [0.3, 0.4) is 0 Å². The number of hydrogen-bond donors (Lipinski definition) is 0.